The summed E-state index contributed by atoms with van der Waals surface area (Å²) in [7, 11) is 0. The largest absolute Gasteiger partial charge is 0.356 e. The van der Waals surface area contributed by atoms with Crippen molar-refractivity contribution in [1.82, 2.24) is 15.2 Å². The minimum absolute atomic E-state index is 0.111. The van der Waals surface area contributed by atoms with E-state index in [0.29, 0.717) is 12.3 Å². The van der Waals surface area contributed by atoms with Crippen LogP contribution < -0.4 is 5.32 Å². The van der Waals surface area contributed by atoms with Gasteiger partial charge in [-0.15, -0.1) is 0 Å². The number of aryl methyl sites for hydroxylation is 1. The van der Waals surface area contributed by atoms with E-state index >= 15 is 0 Å². The van der Waals surface area contributed by atoms with Crippen LogP contribution in [0.2, 0.25) is 0 Å². The van der Waals surface area contributed by atoms with Gasteiger partial charge in [0.2, 0.25) is 5.91 Å². The van der Waals surface area contributed by atoms with E-state index in [0.717, 1.165) is 73.6 Å². The fraction of sp³-hybridized carbons (Fsp3) is 0.393. The van der Waals surface area contributed by atoms with E-state index in [4.69, 9.17) is 0 Å². The monoisotopic (exact) mass is 443 g/mol. The molecular weight excluding hydrogens is 410 g/mol. The van der Waals surface area contributed by atoms with E-state index in [9.17, 15) is 9.59 Å². The summed E-state index contributed by atoms with van der Waals surface area (Å²) in [6.45, 7) is 2.41. The van der Waals surface area contributed by atoms with Gasteiger partial charge in [-0.05, 0) is 66.1 Å². The highest BCUT2D eigenvalue weighted by molar-refractivity contribution is 5.98. The van der Waals surface area contributed by atoms with Crippen LogP contribution in [0, 0.1) is 5.92 Å². The number of hydrogen-bond acceptors (Lipinski definition) is 3. The first-order valence-corrected chi connectivity index (χ1v) is 12.1. The lowest BCUT2D eigenvalue weighted by molar-refractivity contribution is -0.121. The van der Waals surface area contributed by atoms with Crippen LogP contribution in [-0.2, 0) is 11.2 Å². The lowest BCUT2D eigenvalue weighted by Gasteiger charge is -2.32. The molecule has 0 radical (unpaired) electrons. The normalized spacial score (nSPS) is 14.4. The van der Waals surface area contributed by atoms with Gasteiger partial charge in [0, 0.05) is 44.0 Å². The summed E-state index contributed by atoms with van der Waals surface area (Å²) in [6.07, 6.45) is 10.2. The predicted octanol–water partition coefficient (Wildman–Crippen LogP) is 5.01. The fourth-order valence-corrected chi connectivity index (χ4v) is 4.61. The predicted molar refractivity (Wildman–Crippen MR) is 132 cm³/mol. The number of benzene rings is 2. The van der Waals surface area contributed by atoms with Crippen LogP contribution in [0.25, 0.3) is 10.8 Å². The zero-order valence-electron chi connectivity index (χ0n) is 19.2. The van der Waals surface area contributed by atoms with Gasteiger partial charge in [-0.25, -0.2) is 0 Å². The smallest absolute Gasteiger partial charge is 0.253 e. The minimum atomic E-state index is 0.111. The number of nitrogens with zero attached hydrogens (tertiary/aromatic N) is 2. The highest BCUT2D eigenvalue weighted by atomic mass is 16.2. The molecule has 4 rings (SSSR count). The van der Waals surface area contributed by atoms with Crippen LogP contribution in [0.1, 0.15) is 54.4 Å². The van der Waals surface area contributed by atoms with Crippen molar-refractivity contribution < 1.29 is 9.59 Å². The van der Waals surface area contributed by atoms with Gasteiger partial charge in [-0.1, -0.05) is 49.2 Å². The molecule has 2 aromatic carbocycles. The molecule has 0 bridgehead atoms. The maximum Gasteiger partial charge on any atom is 0.253 e. The number of amides is 2. The highest BCUT2D eigenvalue weighted by Crippen LogP contribution is 2.24. The Morgan fingerprint density at radius 1 is 0.970 bits per heavy atom. The number of aromatic nitrogens is 1. The van der Waals surface area contributed by atoms with E-state index in [-0.39, 0.29) is 11.8 Å². The quantitative estimate of drug-likeness (QED) is 0.473. The van der Waals surface area contributed by atoms with Crippen molar-refractivity contribution >= 4 is 22.6 Å². The first-order valence-electron chi connectivity index (χ1n) is 12.1. The fourth-order valence-electron chi connectivity index (χ4n) is 4.61. The summed E-state index contributed by atoms with van der Waals surface area (Å²) in [4.78, 5) is 31.0. The van der Waals surface area contributed by atoms with E-state index in [2.05, 4.69) is 22.4 Å². The van der Waals surface area contributed by atoms with Gasteiger partial charge in [0.1, 0.15) is 0 Å². The van der Waals surface area contributed by atoms with Crippen molar-refractivity contribution in [3.63, 3.8) is 0 Å². The molecule has 2 amide bonds. The number of rotatable bonds is 9. The standard InChI is InChI=1S/C28H33N3O2/c32-27(13-10-23-7-5-16-29-21-23)30-17-4-3-6-22-14-18-31(19-15-22)28(33)26-12-11-24-8-1-2-9-25(24)20-26/h1-2,5,7-9,11-12,16,20-22H,3-4,6,10,13-15,17-19H2,(H,30,32). The maximum atomic E-state index is 12.9. The Balaban J connectivity index is 1.10. The van der Waals surface area contributed by atoms with Crippen molar-refractivity contribution in [1.29, 1.82) is 0 Å². The zero-order chi connectivity index (χ0) is 22.9. The molecule has 0 aliphatic carbocycles. The lowest BCUT2D eigenvalue weighted by Crippen LogP contribution is -2.38. The second kappa shape index (κ2) is 11.6. The highest BCUT2D eigenvalue weighted by Gasteiger charge is 2.23. The molecule has 1 aromatic heterocycles. The van der Waals surface area contributed by atoms with E-state index in [1.807, 2.05) is 53.6 Å². The van der Waals surface area contributed by atoms with Crippen LogP contribution >= 0.6 is 0 Å². The summed E-state index contributed by atoms with van der Waals surface area (Å²) >= 11 is 0. The number of likely N-dealkylation sites (tertiary alicyclic amines) is 1. The van der Waals surface area contributed by atoms with Gasteiger partial charge in [-0.2, -0.15) is 0 Å². The number of hydrogen-bond donors (Lipinski definition) is 1. The number of carbonyl (C=O) groups excluding carboxylic acids is 2. The molecule has 1 N–H and O–H groups in total. The van der Waals surface area contributed by atoms with Crippen LogP contribution in [0.4, 0.5) is 0 Å². The van der Waals surface area contributed by atoms with E-state index in [1.54, 1.807) is 6.20 Å². The third-order valence-electron chi connectivity index (χ3n) is 6.62. The number of pyridine rings is 1. The average Bonchev–Trinajstić information content (AvgIpc) is 2.87. The minimum Gasteiger partial charge on any atom is -0.356 e. The second-order valence-electron chi connectivity index (χ2n) is 9.00. The Morgan fingerprint density at radius 3 is 2.58 bits per heavy atom. The van der Waals surface area contributed by atoms with Gasteiger partial charge in [0.25, 0.3) is 5.91 Å². The first-order chi connectivity index (χ1) is 16.2. The van der Waals surface area contributed by atoms with Gasteiger partial charge < -0.3 is 10.2 Å². The third kappa shape index (κ3) is 6.64. The van der Waals surface area contributed by atoms with Crippen LogP contribution in [0.15, 0.2) is 67.0 Å². The summed E-state index contributed by atoms with van der Waals surface area (Å²) in [5.41, 5.74) is 1.88. The Morgan fingerprint density at radius 2 is 1.79 bits per heavy atom. The Bertz CT molecular complexity index is 1060. The molecule has 0 atom stereocenters. The SMILES string of the molecule is O=C(CCc1cccnc1)NCCCCC1CCN(C(=O)c2ccc3ccccc3c2)CC1. The number of nitrogens with one attached hydrogen (secondary N) is 1. The third-order valence-corrected chi connectivity index (χ3v) is 6.62. The van der Waals surface area contributed by atoms with Crippen LogP contribution in [0.3, 0.4) is 0 Å². The molecule has 1 aliphatic heterocycles. The molecule has 0 unspecified atom stereocenters. The van der Waals surface area contributed by atoms with Gasteiger partial charge in [0.15, 0.2) is 0 Å². The zero-order valence-corrected chi connectivity index (χ0v) is 19.2. The molecule has 1 saturated heterocycles. The number of carbonyl (C=O) groups is 2. The molecule has 3 aromatic rings. The molecule has 5 nitrogen and oxygen atoms in total. The molecule has 0 saturated carbocycles. The van der Waals surface area contributed by atoms with Crippen molar-refractivity contribution in [2.45, 2.75) is 44.9 Å². The summed E-state index contributed by atoms with van der Waals surface area (Å²) in [6, 6.07) is 18.1. The number of fused-ring (bicyclic) bond motifs is 1. The first kappa shape index (κ1) is 23.0. The summed E-state index contributed by atoms with van der Waals surface area (Å²) in [5.74, 6) is 0.930. The molecule has 172 valence electrons. The lowest BCUT2D eigenvalue weighted by atomic mass is 9.91. The maximum absolute atomic E-state index is 12.9. The number of piperidine rings is 1. The Labute approximate surface area is 196 Å². The summed E-state index contributed by atoms with van der Waals surface area (Å²) < 4.78 is 0. The number of unbranched alkanes of at least 4 members (excludes halogenated alkanes) is 1. The van der Waals surface area contributed by atoms with E-state index in [1.165, 1.54) is 6.42 Å². The molecule has 0 spiro atoms. The second-order valence-corrected chi connectivity index (χ2v) is 9.00. The van der Waals surface area contributed by atoms with Gasteiger partial charge >= 0.3 is 0 Å². The van der Waals surface area contributed by atoms with Crippen molar-refractivity contribution in [3.05, 3.63) is 78.1 Å². The van der Waals surface area contributed by atoms with E-state index < -0.39 is 0 Å². The molecule has 33 heavy (non-hydrogen) atoms. The molecular formula is C28H33N3O2. The summed E-state index contributed by atoms with van der Waals surface area (Å²) in [5, 5.41) is 5.31. The molecule has 1 fully saturated rings. The molecule has 2 heterocycles. The van der Waals surface area contributed by atoms with Crippen molar-refractivity contribution in [2.75, 3.05) is 19.6 Å². The van der Waals surface area contributed by atoms with Crippen molar-refractivity contribution in [3.8, 4) is 0 Å². The van der Waals surface area contributed by atoms with Crippen LogP contribution in [0.5, 0.6) is 0 Å². The van der Waals surface area contributed by atoms with Crippen molar-refractivity contribution in [2.24, 2.45) is 5.92 Å². The Kier molecular flexibility index (Phi) is 8.07. The Hall–Kier alpha value is -3.21. The molecule has 1 aliphatic rings. The molecule has 5 heteroatoms. The van der Waals surface area contributed by atoms with Gasteiger partial charge in [-0.3, -0.25) is 14.6 Å². The topological polar surface area (TPSA) is 62.3 Å². The van der Waals surface area contributed by atoms with Crippen LogP contribution in [-0.4, -0.2) is 41.3 Å². The van der Waals surface area contributed by atoms with Gasteiger partial charge in [0.05, 0.1) is 0 Å². The average molecular weight is 444 g/mol.